The highest BCUT2D eigenvalue weighted by atomic mass is 31.2. The second-order valence-electron chi connectivity index (χ2n) is 3.22. The van der Waals surface area contributed by atoms with Crippen molar-refractivity contribution in [2.75, 3.05) is 11.6 Å². The van der Waals surface area contributed by atoms with E-state index in [0.29, 0.717) is 5.69 Å². The molecule has 102 valence electrons. The van der Waals surface area contributed by atoms with Crippen LogP contribution in [-0.2, 0) is 6.42 Å². The summed E-state index contributed by atoms with van der Waals surface area (Å²) in [6, 6.07) is 7.05. The maximum atomic E-state index is 11.3. The van der Waals surface area contributed by atoms with Gasteiger partial charge in [0.05, 0.1) is 6.29 Å². The van der Waals surface area contributed by atoms with Gasteiger partial charge in [0.25, 0.3) is 0 Å². The van der Waals surface area contributed by atoms with Crippen molar-refractivity contribution in [2.45, 2.75) is 27.2 Å². The van der Waals surface area contributed by atoms with Crippen LogP contribution in [0.4, 0.5) is 10.5 Å². The summed E-state index contributed by atoms with van der Waals surface area (Å²) in [5.41, 5.74) is 1.82. The molecule has 0 aliphatic heterocycles. The number of benzene rings is 1. The fraction of sp³-hybridized carbons (Fsp3) is 0.417. The minimum Gasteiger partial charge on any atom is -0.349 e. The number of carbonyl (C=O) groups is 1. The average molecular weight is 272 g/mol. The smallest absolute Gasteiger partial charge is 0.319 e. The lowest BCUT2D eigenvalue weighted by Crippen LogP contribution is -2.28. The lowest BCUT2D eigenvalue weighted by Gasteiger charge is -2.08. The molecule has 5 nitrogen and oxygen atoms in total. The first kappa shape index (κ1) is 16.8. The molecule has 4 N–H and O–H groups in total. The second kappa shape index (κ2) is 9.83. The highest BCUT2D eigenvalue weighted by Crippen LogP contribution is 2.19. The predicted octanol–water partition coefficient (Wildman–Crippen LogP) is 2.65. The van der Waals surface area contributed by atoms with Crippen LogP contribution in [0.15, 0.2) is 24.3 Å². The highest BCUT2D eigenvalue weighted by molar-refractivity contribution is 7.45. The maximum absolute atomic E-state index is 11.3. The lowest BCUT2D eigenvalue weighted by molar-refractivity contribution is 0.253. The third-order valence-electron chi connectivity index (χ3n) is 1.97. The number of aryl methyl sites for hydroxylation is 1. The van der Waals surface area contributed by atoms with Crippen molar-refractivity contribution in [3.63, 3.8) is 0 Å². The number of urea groups is 1. The van der Waals surface area contributed by atoms with Crippen LogP contribution >= 0.6 is 8.38 Å². The van der Waals surface area contributed by atoms with Gasteiger partial charge in [-0.25, -0.2) is 4.79 Å². The van der Waals surface area contributed by atoms with Crippen molar-refractivity contribution in [1.82, 2.24) is 5.32 Å². The zero-order valence-electron chi connectivity index (χ0n) is 11.0. The van der Waals surface area contributed by atoms with Crippen LogP contribution < -0.4 is 10.6 Å². The molecule has 0 aliphatic rings. The van der Waals surface area contributed by atoms with Crippen molar-refractivity contribution in [2.24, 2.45) is 0 Å². The lowest BCUT2D eigenvalue weighted by atomic mass is 10.1. The minimum atomic E-state index is -2.09. The van der Waals surface area contributed by atoms with Gasteiger partial charge < -0.3 is 20.4 Å². The summed E-state index contributed by atoms with van der Waals surface area (Å²) in [7, 11) is -2.09. The molecule has 18 heavy (non-hydrogen) atoms. The third-order valence-corrected chi connectivity index (χ3v) is 2.42. The summed E-state index contributed by atoms with van der Waals surface area (Å²) in [6.45, 7) is 6.03. The van der Waals surface area contributed by atoms with Crippen LogP contribution in [0.25, 0.3) is 0 Å². The van der Waals surface area contributed by atoms with Gasteiger partial charge in [0, 0.05) is 5.69 Å². The normalized spacial score (nSPS) is 9.44. The van der Waals surface area contributed by atoms with Crippen molar-refractivity contribution >= 4 is 20.1 Å². The summed E-state index contributed by atoms with van der Waals surface area (Å²) in [5.74, 6) is 0. The first-order chi connectivity index (χ1) is 8.61. The van der Waals surface area contributed by atoms with E-state index in [1.165, 1.54) is 0 Å². The van der Waals surface area contributed by atoms with Crippen molar-refractivity contribution < 1.29 is 14.6 Å². The number of carbonyl (C=O) groups excluding carboxylic acids is 1. The van der Waals surface area contributed by atoms with Gasteiger partial charge in [-0.3, -0.25) is 0 Å². The van der Waals surface area contributed by atoms with Gasteiger partial charge in [0.1, 0.15) is 0 Å². The van der Waals surface area contributed by atoms with Crippen LogP contribution in [0, 0.1) is 0 Å². The molecule has 1 rings (SSSR count). The molecule has 6 heteroatoms. The van der Waals surface area contributed by atoms with Gasteiger partial charge >= 0.3 is 6.03 Å². The molecule has 1 aromatic rings. The molecule has 0 aliphatic carbocycles. The summed E-state index contributed by atoms with van der Waals surface area (Å²) in [4.78, 5) is 28.5. The van der Waals surface area contributed by atoms with Crippen molar-refractivity contribution in [3.8, 4) is 0 Å². The van der Waals surface area contributed by atoms with E-state index in [4.69, 9.17) is 9.79 Å². The summed E-state index contributed by atoms with van der Waals surface area (Å²) in [6.07, 6.45) is 0.768. The number of hydrogen-bond donors (Lipinski definition) is 4. The van der Waals surface area contributed by atoms with Gasteiger partial charge in [0.15, 0.2) is 8.38 Å². The Kier molecular flexibility index (Phi) is 9.19. The van der Waals surface area contributed by atoms with Crippen LogP contribution in [0.5, 0.6) is 0 Å². The van der Waals surface area contributed by atoms with Gasteiger partial charge in [-0.15, -0.1) is 0 Å². The molecule has 0 bridgehead atoms. The summed E-state index contributed by atoms with van der Waals surface area (Å²) in [5, 5.41) is 4.96. The van der Waals surface area contributed by atoms with E-state index < -0.39 is 14.4 Å². The molecule has 0 spiro atoms. The highest BCUT2D eigenvalue weighted by Gasteiger charge is 2.04. The molecule has 0 saturated heterocycles. The largest absolute Gasteiger partial charge is 0.349 e. The number of anilines is 1. The molecule has 0 radical (unpaired) electrons. The Morgan fingerprint density at radius 3 is 2.56 bits per heavy atom. The monoisotopic (exact) mass is 272 g/mol. The zero-order valence-corrected chi connectivity index (χ0v) is 11.9. The second-order valence-corrected chi connectivity index (χ2v) is 4.28. The van der Waals surface area contributed by atoms with Gasteiger partial charge in [-0.05, 0) is 24.1 Å². The minimum absolute atomic E-state index is 0.130. The van der Waals surface area contributed by atoms with E-state index in [1.807, 2.05) is 39.0 Å². The first-order valence-corrected chi connectivity index (χ1v) is 7.34. The Bertz CT molecular complexity index is 359. The molecular formula is C12H21N2O3P. The Morgan fingerprint density at radius 2 is 2.00 bits per heavy atom. The Hall–Kier alpha value is -1.16. The molecular weight excluding hydrogens is 251 g/mol. The summed E-state index contributed by atoms with van der Waals surface area (Å²) < 4.78 is 0. The van der Waals surface area contributed by atoms with E-state index in [0.717, 1.165) is 12.0 Å². The Morgan fingerprint density at radius 1 is 1.33 bits per heavy atom. The van der Waals surface area contributed by atoms with E-state index in [2.05, 4.69) is 10.6 Å². The third kappa shape index (κ3) is 7.22. The molecule has 0 saturated carbocycles. The number of rotatable bonds is 4. The van der Waals surface area contributed by atoms with Crippen molar-refractivity contribution in [1.29, 1.82) is 0 Å². The van der Waals surface area contributed by atoms with Gasteiger partial charge in [-0.1, -0.05) is 32.9 Å². The van der Waals surface area contributed by atoms with Gasteiger partial charge in [0.2, 0.25) is 0 Å². The molecule has 1 aromatic carbocycles. The fourth-order valence-electron chi connectivity index (χ4n) is 1.19. The van der Waals surface area contributed by atoms with Crippen LogP contribution in [0.3, 0.4) is 0 Å². The number of nitrogens with one attached hydrogen (secondary N) is 2. The quantitative estimate of drug-likeness (QED) is 0.636. The summed E-state index contributed by atoms with van der Waals surface area (Å²) >= 11 is 0. The molecule has 0 fully saturated rings. The topological polar surface area (TPSA) is 81.6 Å². The molecule has 0 atom stereocenters. The maximum Gasteiger partial charge on any atom is 0.319 e. The van der Waals surface area contributed by atoms with E-state index in [1.54, 1.807) is 6.07 Å². The number of amides is 2. The Labute approximate surface area is 109 Å². The molecule has 0 unspecified atom stereocenters. The van der Waals surface area contributed by atoms with Crippen LogP contribution in [0.1, 0.15) is 26.3 Å². The first-order valence-electron chi connectivity index (χ1n) is 5.91. The Balaban J connectivity index is 0.00000137. The van der Waals surface area contributed by atoms with E-state index in [9.17, 15) is 4.79 Å². The molecule has 0 aromatic heterocycles. The van der Waals surface area contributed by atoms with Crippen LogP contribution in [0.2, 0.25) is 0 Å². The van der Waals surface area contributed by atoms with E-state index in [-0.39, 0.29) is 6.29 Å². The van der Waals surface area contributed by atoms with Crippen molar-refractivity contribution in [3.05, 3.63) is 29.8 Å². The molecule has 2 amide bonds. The van der Waals surface area contributed by atoms with Gasteiger partial charge in [-0.2, -0.15) is 0 Å². The van der Waals surface area contributed by atoms with Crippen LogP contribution in [-0.4, -0.2) is 22.1 Å². The SMILES string of the molecule is CC.CCc1cccc(NC(=O)NCP(O)O)c1. The predicted molar refractivity (Wildman–Crippen MR) is 75.5 cm³/mol. The number of hydrogen-bond acceptors (Lipinski definition) is 3. The van der Waals surface area contributed by atoms with E-state index >= 15 is 0 Å². The standard InChI is InChI=1S/C10H15N2O3P.C2H6/c1-2-8-4-3-5-9(6-8)12-10(13)11-7-16(14)15;1-2/h3-6,14-15H,2,7H2,1H3,(H2,11,12,13);1-2H3. The fourth-order valence-corrected chi connectivity index (χ4v) is 1.47. The average Bonchev–Trinajstić information content (AvgIpc) is 2.39. The molecule has 0 heterocycles. The zero-order chi connectivity index (χ0) is 14.0.